The summed E-state index contributed by atoms with van der Waals surface area (Å²) in [5.74, 6) is 0. The topological polar surface area (TPSA) is 110 Å². The molecule has 3 aromatic rings. The second kappa shape index (κ2) is 9.54. The maximum atomic E-state index is 12.3. The second-order valence-corrected chi connectivity index (χ2v) is 7.11. The van der Waals surface area contributed by atoms with E-state index in [9.17, 15) is 9.59 Å². The van der Waals surface area contributed by atoms with E-state index in [1.165, 1.54) is 6.07 Å². The molecule has 0 bridgehead atoms. The Morgan fingerprint density at radius 1 is 1.32 bits per heavy atom. The van der Waals surface area contributed by atoms with Gasteiger partial charge in [-0.15, -0.1) is 0 Å². The molecule has 10 nitrogen and oxygen atoms in total. The molecule has 1 saturated heterocycles. The molecule has 0 spiro atoms. The number of hydrogen-bond donors (Lipinski definition) is 1. The number of nitrogens with zero attached hydrogens (tertiary/aromatic N) is 4. The number of aryl methyl sites for hydroxylation is 1. The van der Waals surface area contributed by atoms with Gasteiger partial charge in [0.1, 0.15) is 24.1 Å². The first kappa shape index (κ1) is 20.8. The van der Waals surface area contributed by atoms with E-state index < -0.39 is 6.09 Å². The molecule has 1 aliphatic rings. The molecular weight excluding hydrogens is 402 g/mol. The Labute approximate surface area is 178 Å². The minimum Gasteiger partial charge on any atom is -0.446 e. The van der Waals surface area contributed by atoms with Gasteiger partial charge in [0.2, 0.25) is 5.43 Å². The molecule has 31 heavy (non-hydrogen) atoms. The lowest BCUT2D eigenvalue weighted by Crippen LogP contribution is -2.33. The molecule has 2 aromatic heterocycles. The summed E-state index contributed by atoms with van der Waals surface area (Å²) >= 11 is 0. The van der Waals surface area contributed by atoms with Gasteiger partial charge >= 0.3 is 6.09 Å². The van der Waals surface area contributed by atoms with Crippen molar-refractivity contribution in [1.82, 2.24) is 19.6 Å². The number of benzene rings is 1. The maximum Gasteiger partial charge on any atom is 0.411 e. The zero-order valence-electron chi connectivity index (χ0n) is 17.1. The summed E-state index contributed by atoms with van der Waals surface area (Å²) < 4.78 is 19.2. The van der Waals surface area contributed by atoms with E-state index in [4.69, 9.17) is 14.2 Å². The molecule has 3 heterocycles. The van der Waals surface area contributed by atoms with Gasteiger partial charge in [-0.1, -0.05) is 12.1 Å². The van der Waals surface area contributed by atoms with Gasteiger partial charge in [0.25, 0.3) is 0 Å². The molecule has 1 atom stereocenters. The molecule has 1 unspecified atom stereocenters. The second-order valence-electron chi connectivity index (χ2n) is 7.11. The highest BCUT2D eigenvalue weighted by molar-refractivity contribution is 5.84. The van der Waals surface area contributed by atoms with Crippen molar-refractivity contribution in [3.8, 4) is 5.69 Å². The van der Waals surface area contributed by atoms with Crippen molar-refractivity contribution in [1.29, 1.82) is 0 Å². The number of carbonyl (C=O) groups is 1. The molecule has 0 radical (unpaired) electrons. The van der Waals surface area contributed by atoms with Crippen LogP contribution in [0, 0.1) is 0 Å². The van der Waals surface area contributed by atoms with Crippen molar-refractivity contribution >= 4 is 11.8 Å². The third-order valence-electron chi connectivity index (χ3n) is 4.67. The monoisotopic (exact) mass is 425 g/mol. The lowest BCUT2D eigenvalue weighted by atomic mass is 10.1. The molecule has 162 valence electrons. The molecule has 1 amide bonds. The summed E-state index contributed by atoms with van der Waals surface area (Å²) in [6, 6.07) is 8.67. The number of amides is 1. The van der Waals surface area contributed by atoms with Gasteiger partial charge in [0.15, 0.2) is 0 Å². The Bertz CT molecular complexity index is 1100. The SMILES string of the molecule is Cn1cc(-n2ccc(=O)c(Cc3cccc(NC(=O)OCC4COCCO4)c3)n2)cn1. The molecule has 1 N–H and O–H groups in total. The Morgan fingerprint density at radius 3 is 3.00 bits per heavy atom. The van der Waals surface area contributed by atoms with Gasteiger partial charge in [-0.2, -0.15) is 10.2 Å². The van der Waals surface area contributed by atoms with Crippen molar-refractivity contribution in [2.45, 2.75) is 12.5 Å². The molecule has 1 aromatic carbocycles. The van der Waals surface area contributed by atoms with Crippen LogP contribution in [0.25, 0.3) is 5.69 Å². The zero-order chi connectivity index (χ0) is 21.6. The number of aromatic nitrogens is 4. The van der Waals surface area contributed by atoms with Gasteiger partial charge in [-0.05, 0) is 17.7 Å². The zero-order valence-corrected chi connectivity index (χ0v) is 17.1. The largest absolute Gasteiger partial charge is 0.446 e. The quantitative estimate of drug-likeness (QED) is 0.638. The van der Waals surface area contributed by atoms with Crippen LogP contribution in [-0.4, -0.2) is 58.2 Å². The van der Waals surface area contributed by atoms with E-state index in [1.54, 1.807) is 40.0 Å². The maximum absolute atomic E-state index is 12.3. The Morgan fingerprint density at radius 2 is 2.23 bits per heavy atom. The minimum atomic E-state index is -0.580. The number of anilines is 1. The lowest BCUT2D eigenvalue weighted by molar-refractivity contribution is -0.105. The van der Waals surface area contributed by atoms with Crippen molar-refractivity contribution in [2.75, 3.05) is 31.7 Å². The lowest BCUT2D eigenvalue weighted by Gasteiger charge is -2.22. The molecule has 4 rings (SSSR count). The molecule has 1 aliphatic heterocycles. The van der Waals surface area contributed by atoms with Crippen molar-refractivity contribution < 1.29 is 19.0 Å². The van der Waals surface area contributed by atoms with Crippen molar-refractivity contribution in [3.05, 3.63) is 70.4 Å². The van der Waals surface area contributed by atoms with Crippen LogP contribution in [0.2, 0.25) is 0 Å². The van der Waals surface area contributed by atoms with Crippen LogP contribution >= 0.6 is 0 Å². The third-order valence-corrected chi connectivity index (χ3v) is 4.67. The van der Waals surface area contributed by atoms with Gasteiger partial charge in [0.05, 0.1) is 32.2 Å². The van der Waals surface area contributed by atoms with Crippen LogP contribution in [0.4, 0.5) is 10.5 Å². The minimum absolute atomic E-state index is 0.118. The van der Waals surface area contributed by atoms with Crippen LogP contribution < -0.4 is 10.7 Å². The van der Waals surface area contributed by atoms with Crippen LogP contribution in [-0.2, 0) is 27.7 Å². The Balaban J connectivity index is 1.40. The van der Waals surface area contributed by atoms with E-state index >= 15 is 0 Å². The average molecular weight is 425 g/mol. The molecule has 1 fully saturated rings. The highest BCUT2D eigenvalue weighted by Gasteiger charge is 2.16. The van der Waals surface area contributed by atoms with Crippen LogP contribution in [0.15, 0.2) is 53.7 Å². The fourth-order valence-corrected chi connectivity index (χ4v) is 3.15. The molecule has 0 aliphatic carbocycles. The summed E-state index contributed by atoms with van der Waals surface area (Å²) in [6.45, 7) is 1.57. The summed E-state index contributed by atoms with van der Waals surface area (Å²) in [6.07, 6.45) is 4.57. The van der Waals surface area contributed by atoms with Crippen LogP contribution in [0.5, 0.6) is 0 Å². The predicted octanol–water partition coefficient (Wildman–Crippen LogP) is 1.52. The van der Waals surface area contributed by atoms with E-state index in [0.29, 0.717) is 37.6 Å². The first-order valence-electron chi connectivity index (χ1n) is 9.87. The van der Waals surface area contributed by atoms with Gasteiger partial charge in [0, 0.05) is 31.4 Å². The van der Waals surface area contributed by atoms with Gasteiger partial charge in [-0.25, -0.2) is 9.48 Å². The number of hydrogen-bond acceptors (Lipinski definition) is 7. The van der Waals surface area contributed by atoms with E-state index in [2.05, 4.69) is 15.5 Å². The van der Waals surface area contributed by atoms with Gasteiger partial charge in [-0.3, -0.25) is 14.8 Å². The van der Waals surface area contributed by atoms with Crippen molar-refractivity contribution in [2.24, 2.45) is 7.05 Å². The molecule has 0 saturated carbocycles. The number of rotatable bonds is 6. The average Bonchev–Trinajstić information content (AvgIpc) is 3.21. The smallest absolute Gasteiger partial charge is 0.411 e. The van der Waals surface area contributed by atoms with Crippen LogP contribution in [0.1, 0.15) is 11.3 Å². The number of carbonyl (C=O) groups excluding carboxylic acids is 1. The predicted molar refractivity (Wildman–Crippen MR) is 111 cm³/mol. The standard InChI is InChI=1S/C21H23N5O5/c1-25-12-17(11-22-25)26-6-5-20(27)19(24-26)10-15-3-2-4-16(9-15)23-21(28)31-14-18-13-29-7-8-30-18/h2-6,9,11-12,18H,7-8,10,13-14H2,1H3,(H,23,28). The van der Waals surface area contributed by atoms with E-state index in [1.807, 2.05) is 19.3 Å². The van der Waals surface area contributed by atoms with Crippen molar-refractivity contribution in [3.63, 3.8) is 0 Å². The van der Waals surface area contributed by atoms with Crippen LogP contribution in [0.3, 0.4) is 0 Å². The Hall–Kier alpha value is -3.50. The number of ether oxygens (including phenoxy) is 3. The highest BCUT2D eigenvalue weighted by Crippen LogP contribution is 2.14. The summed E-state index contributed by atoms with van der Waals surface area (Å²) in [5, 5.41) is 11.2. The molecular formula is C21H23N5O5. The van der Waals surface area contributed by atoms with Gasteiger partial charge < -0.3 is 14.2 Å². The fourth-order valence-electron chi connectivity index (χ4n) is 3.15. The summed E-state index contributed by atoms with van der Waals surface area (Å²) in [4.78, 5) is 24.4. The highest BCUT2D eigenvalue weighted by atomic mass is 16.6. The van der Waals surface area contributed by atoms with E-state index in [-0.39, 0.29) is 18.1 Å². The summed E-state index contributed by atoms with van der Waals surface area (Å²) in [5.41, 5.74) is 2.38. The normalized spacial score (nSPS) is 16.1. The Kier molecular flexibility index (Phi) is 6.39. The van der Waals surface area contributed by atoms with E-state index in [0.717, 1.165) is 11.3 Å². The number of nitrogens with one attached hydrogen (secondary N) is 1. The third kappa shape index (κ3) is 5.56. The fraction of sp³-hybridized carbons (Fsp3) is 0.333. The first-order valence-corrected chi connectivity index (χ1v) is 9.87. The summed E-state index contributed by atoms with van der Waals surface area (Å²) in [7, 11) is 1.81. The molecule has 10 heteroatoms. The first-order chi connectivity index (χ1) is 15.1.